The zero-order valence-corrected chi connectivity index (χ0v) is 28.8. The molecule has 0 aromatic heterocycles. The van der Waals surface area contributed by atoms with Gasteiger partial charge in [0.15, 0.2) is 0 Å². The summed E-state index contributed by atoms with van der Waals surface area (Å²) < 4.78 is 0. The predicted octanol–water partition coefficient (Wildman–Crippen LogP) is 13.4. The summed E-state index contributed by atoms with van der Waals surface area (Å²) in [7, 11) is 0. The van der Waals surface area contributed by atoms with Gasteiger partial charge in [-0.15, -0.1) is 0 Å². The maximum atomic E-state index is 4.43. The van der Waals surface area contributed by atoms with Crippen LogP contribution in [0, 0.1) is 0 Å². The second-order valence-corrected chi connectivity index (χ2v) is 14.1. The van der Waals surface area contributed by atoms with Crippen molar-refractivity contribution in [3.05, 3.63) is 174 Å². The third kappa shape index (κ3) is 4.25. The van der Waals surface area contributed by atoms with Gasteiger partial charge in [0.25, 0.3) is 0 Å². The summed E-state index contributed by atoms with van der Waals surface area (Å²) in [5.74, 6) is 0. The van der Waals surface area contributed by atoms with Crippen LogP contribution in [0.25, 0.3) is 94.8 Å². The molecule has 50 heavy (non-hydrogen) atoms. The molecule has 0 fully saturated rings. The summed E-state index contributed by atoms with van der Waals surface area (Å²) in [6, 6.07) is 42.9. The van der Waals surface area contributed by atoms with E-state index < -0.39 is 0 Å². The lowest BCUT2D eigenvalue weighted by Gasteiger charge is -2.26. The van der Waals surface area contributed by atoms with E-state index in [2.05, 4.69) is 180 Å². The number of benzene rings is 8. The molecule has 0 N–H and O–H groups in total. The number of allylic oxidation sites excluding steroid dienone is 5. The lowest BCUT2D eigenvalue weighted by atomic mass is 9.77. The van der Waals surface area contributed by atoms with Gasteiger partial charge < -0.3 is 0 Å². The van der Waals surface area contributed by atoms with Crippen LogP contribution in [0.1, 0.15) is 37.5 Å². The highest BCUT2D eigenvalue weighted by Gasteiger charge is 2.34. The van der Waals surface area contributed by atoms with Gasteiger partial charge in [-0.25, -0.2) is 0 Å². The first-order valence-corrected chi connectivity index (χ1v) is 17.5. The van der Waals surface area contributed by atoms with Gasteiger partial charge in [-0.2, -0.15) is 0 Å². The highest BCUT2D eigenvalue weighted by molar-refractivity contribution is 6.27. The quantitative estimate of drug-likeness (QED) is 0.130. The standard InChI is InChI=1S/C50H38/c1-6-8-9-16-34-29-43-35-17-10-11-18-36(35)44(30-45(43)50(34,4)5)49-39-21-14-12-19-37(39)48(38-20-13-15-22-40(38)49)42-28-26-33-25-24-32(7-2)46-31(3)23-27-41(42)47(33)46/h6-30H,2-3H2,1,4-5H3/b8-6-,16-9-. The Balaban J connectivity index is 1.40. The summed E-state index contributed by atoms with van der Waals surface area (Å²) in [5.41, 5.74) is 10.1. The van der Waals surface area contributed by atoms with Crippen molar-refractivity contribution in [1.82, 2.24) is 0 Å². The van der Waals surface area contributed by atoms with Crippen LogP contribution in [0.4, 0.5) is 0 Å². The minimum absolute atomic E-state index is 0.135. The van der Waals surface area contributed by atoms with Crippen LogP contribution in [-0.4, -0.2) is 0 Å². The van der Waals surface area contributed by atoms with Crippen LogP contribution in [-0.2, 0) is 5.41 Å². The van der Waals surface area contributed by atoms with Gasteiger partial charge in [-0.1, -0.05) is 167 Å². The van der Waals surface area contributed by atoms with Gasteiger partial charge in [0.2, 0.25) is 0 Å². The monoisotopic (exact) mass is 638 g/mol. The van der Waals surface area contributed by atoms with E-state index in [0.717, 1.165) is 10.8 Å². The van der Waals surface area contributed by atoms with Crippen LogP contribution in [0.3, 0.4) is 0 Å². The first-order valence-electron chi connectivity index (χ1n) is 17.5. The molecule has 0 amide bonds. The molecule has 8 aromatic rings. The first-order chi connectivity index (χ1) is 24.4. The maximum absolute atomic E-state index is 4.43. The number of hydrogen-bond acceptors (Lipinski definition) is 0. The third-order valence-corrected chi connectivity index (χ3v) is 11.1. The smallest absolute Gasteiger partial charge is 0.0153 e. The lowest BCUT2D eigenvalue weighted by molar-refractivity contribution is 0.655. The third-order valence-electron chi connectivity index (χ3n) is 11.1. The molecule has 0 heterocycles. The molecule has 8 aromatic carbocycles. The Labute approximate surface area is 293 Å². The molecule has 0 saturated heterocycles. The molecule has 9 rings (SSSR count). The molecule has 0 aliphatic heterocycles. The van der Waals surface area contributed by atoms with Gasteiger partial charge >= 0.3 is 0 Å². The van der Waals surface area contributed by atoms with Gasteiger partial charge in [0.05, 0.1) is 0 Å². The highest BCUT2D eigenvalue weighted by Crippen LogP contribution is 2.51. The number of hydrogen-bond donors (Lipinski definition) is 0. The average molecular weight is 639 g/mol. The van der Waals surface area contributed by atoms with Crippen molar-refractivity contribution in [2.24, 2.45) is 0 Å². The Hall–Kier alpha value is -5.98. The van der Waals surface area contributed by atoms with Crippen molar-refractivity contribution in [3.63, 3.8) is 0 Å². The molecule has 0 atom stereocenters. The Morgan fingerprint density at radius 2 is 1.18 bits per heavy atom. The van der Waals surface area contributed by atoms with E-state index in [9.17, 15) is 0 Å². The maximum Gasteiger partial charge on any atom is 0.0153 e. The van der Waals surface area contributed by atoms with Gasteiger partial charge in [0.1, 0.15) is 0 Å². The molecule has 0 unspecified atom stereocenters. The molecule has 0 spiro atoms. The molecule has 1 aliphatic rings. The topological polar surface area (TPSA) is 0 Å². The SMILES string of the molecule is C=Cc1ccc2ccc(-c3c4ccccc4c(-c4cc5c(c6ccccc46)C=C(/C=C\C=C/C)C5(C)C)c4ccccc34)c3ccc(=C)c1c23. The molecular formula is C50H38. The Morgan fingerprint density at radius 3 is 1.82 bits per heavy atom. The van der Waals surface area contributed by atoms with E-state index in [1.807, 2.05) is 6.08 Å². The molecule has 0 radical (unpaired) electrons. The average Bonchev–Trinajstić information content (AvgIpc) is 3.40. The number of rotatable bonds is 5. The van der Waals surface area contributed by atoms with E-state index in [0.29, 0.717) is 0 Å². The zero-order valence-electron chi connectivity index (χ0n) is 28.8. The summed E-state index contributed by atoms with van der Waals surface area (Å²) in [4.78, 5) is 0. The van der Waals surface area contributed by atoms with Gasteiger partial charge in [0, 0.05) is 5.41 Å². The van der Waals surface area contributed by atoms with Crippen LogP contribution in [0.2, 0.25) is 0 Å². The molecule has 238 valence electrons. The minimum atomic E-state index is -0.135. The molecule has 0 bridgehead atoms. The van der Waals surface area contributed by atoms with E-state index in [1.54, 1.807) is 0 Å². The second kappa shape index (κ2) is 11.3. The van der Waals surface area contributed by atoms with E-state index >= 15 is 0 Å². The van der Waals surface area contributed by atoms with Crippen molar-refractivity contribution in [1.29, 1.82) is 0 Å². The fourth-order valence-corrected chi connectivity index (χ4v) is 8.64. The molecule has 0 heteroatoms. The van der Waals surface area contributed by atoms with Crippen LogP contribution in [0.15, 0.2) is 152 Å². The highest BCUT2D eigenvalue weighted by atomic mass is 14.4. The first kappa shape index (κ1) is 30.1. The lowest BCUT2D eigenvalue weighted by Crippen LogP contribution is -2.16. The van der Waals surface area contributed by atoms with Crippen molar-refractivity contribution >= 4 is 72.6 Å². The van der Waals surface area contributed by atoms with Crippen molar-refractivity contribution < 1.29 is 0 Å². The van der Waals surface area contributed by atoms with Crippen molar-refractivity contribution in [3.8, 4) is 22.3 Å². The summed E-state index contributed by atoms with van der Waals surface area (Å²) in [5, 5.41) is 13.6. The Morgan fingerprint density at radius 1 is 0.580 bits per heavy atom. The van der Waals surface area contributed by atoms with Crippen LogP contribution >= 0.6 is 0 Å². The van der Waals surface area contributed by atoms with Crippen LogP contribution < -0.4 is 5.22 Å². The molecule has 0 saturated carbocycles. The molecular weight excluding hydrogens is 601 g/mol. The van der Waals surface area contributed by atoms with Gasteiger partial charge in [-0.3, -0.25) is 0 Å². The summed E-state index contributed by atoms with van der Waals surface area (Å²) in [6.07, 6.45) is 13.0. The van der Waals surface area contributed by atoms with Crippen molar-refractivity contribution in [2.75, 3.05) is 0 Å². The molecule has 0 nitrogen and oxygen atoms in total. The largest absolute Gasteiger partial charge is 0.0984 e. The van der Waals surface area contributed by atoms with Crippen molar-refractivity contribution in [2.45, 2.75) is 26.2 Å². The minimum Gasteiger partial charge on any atom is -0.0984 e. The normalized spacial score (nSPS) is 14.2. The van der Waals surface area contributed by atoms with Gasteiger partial charge in [-0.05, 0) is 123 Å². The fraction of sp³-hybridized carbons (Fsp3) is 0.0800. The van der Waals surface area contributed by atoms with Crippen LogP contribution in [0.5, 0.6) is 0 Å². The fourth-order valence-electron chi connectivity index (χ4n) is 8.64. The molecule has 1 aliphatic carbocycles. The predicted molar refractivity (Wildman–Crippen MR) is 221 cm³/mol. The van der Waals surface area contributed by atoms with E-state index in [4.69, 9.17) is 0 Å². The van der Waals surface area contributed by atoms with E-state index in [1.165, 1.54) is 92.8 Å². The van der Waals surface area contributed by atoms with E-state index in [-0.39, 0.29) is 5.41 Å². The summed E-state index contributed by atoms with van der Waals surface area (Å²) >= 11 is 0. The zero-order chi connectivity index (χ0) is 34.1. The Bertz CT molecular complexity index is 2810. The second-order valence-electron chi connectivity index (χ2n) is 14.1. The Kier molecular flexibility index (Phi) is 6.80. The number of fused-ring (bicyclic) bond motifs is 5. The summed E-state index contributed by atoms with van der Waals surface area (Å²) in [6.45, 7) is 15.4.